The molecule has 3 N–H and O–H groups in total. The number of benzene rings is 1. The predicted molar refractivity (Wildman–Crippen MR) is 80.2 cm³/mol. The lowest BCUT2D eigenvalue weighted by molar-refractivity contribution is -0.114. The normalized spacial score (nSPS) is 9.90. The Labute approximate surface area is 120 Å². The molecule has 2 aromatic rings. The number of thiazole rings is 1. The Kier molecular flexibility index (Phi) is 4.31. The molecule has 0 aliphatic carbocycles. The van der Waals surface area contributed by atoms with E-state index in [0.717, 1.165) is 5.69 Å². The molecule has 0 aliphatic rings. The number of aryl methyl sites for hydroxylation is 1. The number of urea groups is 1. The molecular weight excluding hydrogens is 276 g/mol. The monoisotopic (exact) mass is 290 g/mol. The zero-order chi connectivity index (χ0) is 14.5. The van der Waals surface area contributed by atoms with E-state index in [1.165, 1.54) is 18.3 Å². The molecular formula is C13H14N4O2S. The topological polar surface area (TPSA) is 83.1 Å². The van der Waals surface area contributed by atoms with Gasteiger partial charge < -0.3 is 10.6 Å². The van der Waals surface area contributed by atoms with Gasteiger partial charge in [0.15, 0.2) is 5.13 Å². The van der Waals surface area contributed by atoms with Crippen LogP contribution in [0.2, 0.25) is 0 Å². The van der Waals surface area contributed by atoms with Crippen LogP contribution in [0.3, 0.4) is 0 Å². The van der Waals surface area contributed by atoms with E-state index in [9.17, 15) is 9.59 Å². The van der Waals surface area contributed by atoms with Gasteiger partial charge in [0.2, 0.25) is 5.91 Å². The summed E-state index contributed by atoms with van der Waals surface area (Å²) < 4.78 is 0. The fourth-order valence-corrected chi connectivity index (χ4v) is 2.23. The highest BCUT2D eigenvalue weighted by atomic mass is 32.1. The Morgan fingerprint density at radius 3 is 2.45 bits per heavy atom. The summed E-state index contributed by atoms with van der Waals surface area (Å²) in [4.78, 5) is 26.9. The van der Waals surface area contributed by atoms with E-state index in [-0.39, 0.29) is 11.9 Å². The number of nitrogens with one attached hydrogen (secondary N) is 3. The lowest BCUT2D eigenvalue weighted by atomic mass is 10.3. The van der Waals surface area contributed by atoms with E-state index in [1.54, 1.807) is 24.3 Å². The summed E-state index contributed by atoms with van der Waals surface area (Å²) in [5.41, 5.74) is 2.07. The highest BCUT2D eigenvalue weighted by Crippen LogP contribution is 2.17. The van der Waals surface area contributed by atoms with Crippen molar-refractivity contribution in [3.8, 4) is 0 Å². The third-order valence-electron chi connectivity index (χ3n) is 2.28. The van der Waals surface area contributed by atoms with Gasteiger partial charge in [-0.15, -0.1) is 11.3 Å². The largest absolute Gasteiger partial charge is 0.326 e. The summed E-state index contributed by atoms with van der Waals surface area (Å²) in [7, 11) is 0. The average molecular weight is 290 g/mol. The number of hydrogen-bond acceptors (Lipinski definition) is 4. The maximum absolute atomic E-state index is 11.8. The van der Waals surface area contributed by atoms with Gasteiger partial charge in [-0.1, -0.05) is 6.07 Å². The van der Waals surface area contributed by atoms with E-state index in [1.807, 2.05) is 12.3 Å². The van der Waals surface area contributed by atoms with E-state index < -0.39 is 0 Å². The number of hydrogen-bond donors (Lipinski definition) is 3. The van der Waals surface area contributed by atoms with E-state index in [0.29, 0.717) is 16.5 Å². The van der Waals surface area contributed by atoms with Crippen LogP contribution < -0.4 is 16.0 Å². The van der Waals surface area contributed by atoms with Crippen molar-refractivity contribution >= 4 is 39.8 Å². The number of carbonyl (C=O) groups is 2. The van der Waals surface area contributed by atoms with Gasteiger partial charge in [0.1, 0.15) is 0 Å². The van der Waals surface area contributed by atoms with Gasteiger partial charge in [-0.25, -0.2) is 9.78 Å². The molecule has 0 aliphatic heterocycles. The second kappa shape index (κ2) is 6.16. The van der Waals surface area contributed by atoms with Crippen LogP contribution >= 0.6 is 11.3 Å². The molecule has 20 heavy (non-hydrogen) atoms. The molecule has 7 heteroatoms. The second-order valence-corrected chi connectivity index (χ2v) is 4.99. The fraction of sp³-hybridized carbons (Fsp3) is 0.154. The zero-order valence-electron chi connectivity index (χ0n) is 11.1. The van der Waals surface area contributed by atoms with E-state index >= 15 is 0 Å². The number of amides is 3. The number of anilines is 3. The minimum atomic E-state index is -0.376. The lowest BCUT2D eigenvalue weighted by Crippen LogP contribution is -2.19. The van der Waals surface area contributed by atoms with Crippen LogP contribution in [0.25, 0.3) is 0 Å². The Hall–Kier alpha value is -2.41. The molecule has 6 nitrogen and oxygen atoms in total. The average Bonchev–Trinajstić information content (AvgIpc) is 2.74. The number of rotatable bonds is 3. The van der Waals surface area contributed by atoms with Crippen LogP contribution in [-0.2, 0) is 4.79 Å². The molecule has 2 rings (SSSR count). The Morgan fingerprint density at radius 2 is 1.85 bits per heavy atom. The summed E-state index contributed by atoms with van der Waals surface area (Å²) in [5, 5.41) is 10.4. The molecule has 0 atom stereocenters. The lowest BCUT2D eigenvalue weighted by Gasteiger charge is -2.07. The van der Waals surface area contributed by atoms with Gasteiger partial charge in [0.05, 0.1) is 5.69 Å². The van der Waals surface area contributed by atoms with Crippen molar-refractivity contribution in [3.05, 3.63) is 35.3 Å². The summed E-state index contributed by atoms with van der Waals surface area (Å²) in [6.07, 6.45) is 0. The Morgan fingerprint density at radius 1 is 1.15 bits per heavy atom. The molecule has 0 radical (unpaired) electrons. The van der Waals surface area contributed by atoms with Gasteiger partial charge in [-0.2, -0.15) is 0 Å². The number of aromatic nitrogens is 1. The third kappa shape index (κ3) is 4.06. The summed E-state index contributed by atoms with van der Waals surface area (Å²) in [6, 6.07) is 6.52. The van der Waals surface area contributed by atoms with Crippen molar-refractivity contribution in [1.82, 2.24) is 4.98 Å². The first-order chi connectivity index (χ1) is 9.52. The maximum Gasteiger partial charge on any atom is 0.325 e. The minimum Gasteiger partial charge on any atom is -0.326 e. The van der Waals surface area contributed by atoms with Gasteiger partial charge in [-0.3, -0.25) is 10.1 Å². The van der Waals surface area contributed by atoms with Crippen LogP contribution in [0.1, 0.15) is 12.6 Å². The van der Waals surface area contributed by atoms with Gasteiger partial charge in [0, 0.05) is 23.7 Å². The predicted octanol–water partition coefficient (Wildman–Crippen LogP) is 3.05. The van der Waals surface area contributed by atoms with Crippen molar-refractivity contribution in [2.45, 2.75) is 13.8 Å². The first-order valence-electron chi connectivity index (χ1n) is 5.91. The summed E-state index contributed by atoms with van der Waals surface area (Å²) in [5.74, 6) is -0.162. The molecule has 1 heterocycles. The first-order valence-corrected chi connectivity index (χ1v) is 6.78. The molecule has 0 spiro atoms. The van der Waals surface area contributed by atoms with Crippen LogP contribution in [0, 0.1) is 6.92 Å². The molecule has 0 fully saturated rings. The van der Waals surface area contributed by atoms with Crippen molar-refractivity contribution in [1.29, 1.82) is 0 Å². The molecule has 0 unspecified atom stereocenters. The number of nitrogens with zero attached hydrogens (tertiary/aromatic N) is 1. The van der Waals surface area contributed by atoms with Gasteiger partial charge in [-0.05, 0) is 25.1 Å². The summed E-state index contributed by atoms with van der Waals surface area (Å²) >= 11 is 1.36. The SMILES string of the molecule is CC(=O)Nc1cccc(NC(=O)Nc2nc(C)cs2)c1. The third-order valence-corrected chi connectivity index (χ3v) is 3.16. The van der Waals surface area contributed by atoms with E-state index in [4.69, 9.17) is 0 Å². The van der Waals surface area contributed by atoms with Crippen molar-refractivity contribution in [3.63, 3.8) is 0 Å². The second-order valence-electron chi connectivity index (χ2n) is 4.14. The molecule has 1 aromatic carbocycles. The van der Waals surface area contributed by atoms with Gasteiger partial charge in [0.25, 0.3) is 0 Å². The maximum atomic E-state index is 11.8. The van der Waals surface area contributed by atoms with Crippen molar-refractivity contribution in [2.24, 2.45) is 0 Å². The highest BCUT2D eigenvalue weighted by Gasteiger charge is 2.06. The minimum absolute atomic E-state index is 0.162. The molecule has 0 bridgehead atoms. The molecule has 1 aromatic heterocycles. The Balaban J connectivity index is 1.98. The Bertz CT molecular complexity index is 639. The van der Waals surface area contributed by atoms with Crippen LogP contribution in [0.15, 0.2) is 29.6 Å². The highest BCUT2D eigenvalue weighted by molar-refractivity contribution is 7.13. The fourth-order valence-electron chi connectivity index (χ4n) is 1.55. The molecule has 104 valence electrons. The first kappa shape index (κ1) is 14.0. The van der Waals surface area contributed by atoms with Crippen molar-refractivity contribution < 1.29 is 9.59 Å². The molecule has 0 saturated heterocycles. The van der Waals surface area contributed by atoms with Crippen molar-refractivity contribution in [2.75, 3.05) is 16.0 Å². The smallest absolute Gasteiger partial charge is 0.325 e. The van der Waals surface area contributed by atoms with E-state index in [2.05, 4.69) is 20.9 Å². The van der Waals surface area contributed by atoms with Crippen LogP contribution in [-0.4, -0.2) is 16.9 Å². The van der Waals surface area contributed by atoms with Crippen LogP contribution in [0.4, 0.5) is 21.3 Å². The number of carbonyl (C=O) groups excluding carboxylic acids is 2. The molecule has 3 amide bonds. The standard InChI is InChI=1S/C13H14N4O2S/c1-8-7-20-13(14-8)17-12(19)16-11-5-3-4-10(6-11)15-9(2)18/h3-7H,1-2H3,(H,15,18)(H2,14,16,17,19). The van der Waals surface area contributed by atoms with Gasteiger partial charge >= 0.3 is 6.03 Å². The summed E-state index contributed by atoms with van der Waals surface area (Å²) in [6.45, 7) is 3.29. The quantitative estimate of drug-likeness (QED) is 0.812. The van der Waals surface area contributed by atoms with Crippen LogP contribution in [0.5, 0.6) is 0 Å². The molecule has 0 saturated carbocycles. The zero-order valence-corrected chi connectivity index (χ0v) is 11.9.